The summed E-state index contributed by atoms with van der Waals surface area (Å²) >= 11 is -2.62. The zero-order valence-electron chi connectivity index (χ0n) is 4.93. The van der Waals surface area contributed by atoms with Gasteiger partial charge in [-0.2, -0.15) is 0 Å². The SMILES string of the molecule is FC(F)(F)C(F)(F)C(F)(F)[Se]Cl. The predicted molar refractivity (Wildman–Crippen MR) is 27.6 cm³/mol. The maximum absolute atomic E-state index is 11.9. The fraction of sp³-hybridized carbons (Fsp3) is 1.00. The molecule has 0 amide bonds. The van der Waals surface area contributed by atoms with Crippen LogP contribution in [-0.4, -0.2) is 31.0 Å². The summed E-state index contributed by atoms with van der Waals surface area (Å²) in [6, 6.07) is 0. The topological polar surface area (TPSA) is 0 Å². The molecule has 0 bridgehead atoms. The molecule has 0 saturated heterocycles. The van der Waals surface area contributed by atoms with Crippen LogP contribution in [0.2, 0.25) is 0 Å². The Kier molecular flexibility index (Phi) is 3.32. The van der Waals surface area contributed by atoms with Crippen LogP contribution < -0.4 is 0 Å². The fourth-order valence-electron chi connectivity index (χ4n) is 0.213. The Labute approximate surface area is 72.4 Å². The second kappa shape index (κ2) is 3.23. The van der Waals surface area contributed by atoms with E-state index >= 15 is 0 Å². The van der Waals surface area contributed by atoms with Gasteiger partial charge in [0.25, 0.3) is 0 Å². The third kappa shape index (κ3) is 1.97. The number of rotatable bonds is 2. The summed E-state index contributed by atoms with van der Waals surface area (Å²) in [4.78, 5) is -5.21. The van der Waals surface area contributed by atoms with Crippen LogP contribution in [-0.2, 0) is 0 Å². The van der Waals surface area contributed by atoms with Crippen molar-refractivity contribution >= 4 is 24.1 Å². The average Bonchev–Trinajstić information content (AvgIpc) is 1.85. The molecule has 12 heavy (non-hydrogen) atoms. The molecule has 0 rings (SSSR count). The summed E-state index contributed by atoms with van der Waals surface area (Å²) in [6.45, 7) is 0. The van der Waals surface area contributed by atoms with E-state index in [-0.39, 0.29) is 0 Å². The molecule has 0 saturated carbocycles. The minimum atomic E-state index is -6.27. The van der Waals surface area contributed by atoms with Gasteiger partial charge < -0.3 is 0 Å². The second-order valence-electron chi connectivity index (χ2n) is 1.67. The molecule has 0 aliphatic rings. The van der Waals surface area contributed by atoms with Gasteiger partial charge in [-0.15, -0.1) is 0 Å². The zero-order valence-corrected chi connectivity index (χ0v) is 7.40. The van der Waals surface area contributed by atoms with Crippen molar-refractivity contribution in [3.8, 4) is 0 Å². The second-order valence-corrected chi connectivity index (χ2v) is 3.87. The van der Waals surface area contributed by atoms with Gasteiger partial charge in [0.1, 0.15) is 0 Å². The van der Waals surface area contributed by atoms with Crippen molar-refractivity contribution in [2.24, 2.45) is 0 Å². The van der Waals surface area contributed by atoms with Gasteiger partial charge in [0, 0.05) is 0 Å². The van der Waals surface area contributed by atoms with Gasteiger partial charge in [-0.1, -0.05) is 0 Å². The molecule has 9 heteroatoms. The van der Waals surface area contributed by atoms with E-state index in [4.69, 9.17) is 0 Å². The minimum absolute atomic E-state index is 2.62. The van der Waals surface area contributed by atoms with E-state index in [9.17, 15) is 30.7 Å². The predicted octanol–water partition coefficient (Wildman–Crippen LogP) is 2.63. The van der Waals surface area contributed by atoms with E-state index in [1.54, 1.807) is 0 Å². The average molecular weight is 283 g/mol. The molecule has 0 unspecified atom stereocenters. The molecule has 0 N–H and O–H groups in total. The van der Waals surface area contributed by atoms with Gasteiger partial charge in [-0.05, 0) is 0 Å². The van der Waals surface area contributed by atoms with Crippen molar-refractivity contribution in [3.63, 3.8) is 0 Å². The standard InChI is InChI=1S/C3ClF7Se/c4-12-3(10,11)1(5,6)2(7,8)9. The van der Waals surface area contributed by atoms with Crippen molar-refractivity contribution in [2.45, 2.75) is 16.9 Å². The summed E-state index contributed by atoms with van der Waals surface area (Å²) in [6.07, 6.45) is -6.27. The molecule has 0 spiro atoms. The van der Waals surface area contributed by atoms with E-state index in [0.717, 1.165) is 0 Å². The van der Waals surface area contributed by atoms with Crippen molar-refractivity contribution in [1.29, 1.82) is 0 Å². The molecule has 0 aliphatic heterocycles. The monoisotopic (exact) mass is 284 g/mol. The van der Waals surface area contributed by atoms with Gasteiger partial charge in [0.05, 0.1) is 0 Å². The number of hydrogen-bond donors (Lipinski definition) is 0. The Morgan fingerprint density at radius 1 is 0.833 bits per heavy atom. The molecule has 74 valence electrons. The van der Waals surface area contributed by atoms with E-state index in [1.165, 1.54) is 0 Å². The molecule has 0 aromatic rings. The first-order chi connectivity index (χ1) is 5.06. The molecular formula is C3ClF7Se. The quantitative estimate of drug-likeness (QED) is 0.540. The molecule has 0 aromatic carbocycles. The van der Waals surface area contributed by atoms with Crippen LogP contribution >= 0.6 is 10.1 Å². The van der Waals surface area contributed by atoms with Crippen LogP contribution in [0.15, 0.2) is 0 Å². The molecule has 0 aromatic heterocycles. The number of hydrogen-bond acceptors (Lipinski definition) is 0. The fourth-order valence-corrected chi connectivity index (χ4v) is 1.16. The van der Waals surface area contributed by atoms with Gasteiger partial charge >= 0.3 is 71.8 Å². The summed E-state index contributed by atoms with van der Waals surface area (Å²) in [5, 5.41) is 0. The molecule has 0 aliphatic carbocycles. The van der Waals surface area contributed by atoms with Crippen molar-refractivity contribution in [2.75, 3.05) is 0 Å². The van der Waals surface area contributed by atoms with E-state index in [1.807, 2.05) is 0 Å². The van der Waals surface area contributed by atoms with Gasteiger partial charge in [-0.3, -0.25) is 0 Å². The van der Waals surface area contributed by atoms with Crippen LogP contribution in [0, 0.1) is 0 Å². The Morgan fingerprint density at radius 2 is 1.17 bits per heavy atom. The molecule has 0 heterocycles. The van der Waals surface area contributed by atoms with Crippen LogP contribution in [0.5, 0.6) is 0 Å². The van der Waals surface area contributed by atoms with Gasteiger partial charge in [-0.25, -0.2) is 0 Å². The van der Waals surface area contributed by atoms with E-state index in [0.29, 0.717) is 0 Å². The molecule has 0 nitrogen and oxygen atoms in total. The van der Waals surface area contributed by atoms with Crippen LogP contribution in [0.4, 0.5) is 30.7 Å². The zero-order chi connectivity index (χ0) is 10.2. The van der Waals surface area contributed by atoms with Crippen LogP contribution in [0.3, 0.4) is 0 Å². The van der Waals surface area contributed by atoms with Crippen molar-refractivity contribution < 1.29 is 30.7 Å². The van der Waals surface area contributed by atoms with Crippen molar-refractivity contribution in [1.82, 2.24) is 0 Å². The maximum atomic E-state index is 11.9. The first-order valence-electron chi connectivity index (χ1n) is 2.18. The van der Waals surface area contributed by atoms with E-state index in [2.05, 4.69) is 10.1 Å². The van der Waals surface area contributed by atoms with Gasteiger partial charge in [0.2, 0.25) is 0 Å². The number of alkyl halides is 7. The van der Waals surface area contributed by atoms with Crippen molar-refractivity contribution in [3.05, 3.63) is 0 Å². The van der Waals surface area contributed by atoms with Crippen LogP contribution in [0.1, 0.15) is 0 Å². The molecule has 0 atom stereocenters. The van der Waals surface area contributed by atoms with E-state index < -0.39 is 31.0 Å². The summed E-state index contributed by atoms with van der Waals surface area (Å²) in [5.74, 6) is -6.05. The molecule has 0 radical (unpaired) electrons. The third-order valence-corrected chi connectivity index (χ3v) is 2.77. The third-order valence-electron chi connectivity index (χ3n) is 0.818. The summed E-state index contributed by atoms with van der Waals surface area (Å²) in [7, 11) is 4.32. The first-order valence-corrected chi connectivity index (χ1v) is 5.29. The Hall–Kier alpha value is 0.319. The Bertz CT molecular complexity index is 163. The van der Waals surface area contributed by atoms with Gasteiger partial charge in [0.15, 0.2) is 0 Å². The Morgan fingerprint density at radius 3 is 1.25 bits per heavy atom. The normalized spacial score (nSPS) is 15.0. The molecular weight excluding hydrogens is 283 g/mol. The van der Waals surface area contributed by atoms with Crippen LogP contribution in [0.25, 0.3) is 0 Å². The number of halogens is 8. The Balaban J connectivity index is 4.85. The first kappa shape index (κ1) is 12.3. The summed E-state index contributed by atoms with van der Waals surface area (Å²) < 4.78 is 80.9. The summed E-state index contributed by atoms with van der Waals surface area (Å²) in [5.41, 5.74) is 0. The molecule has 0 fully saturated rings.